The minimum Gasteiger partial charge on any atom is -0.495 e. The molecule has 0 amide bonds. The summed E-state index contributed by atoms with van der Waals surface area (Å²) in [4.78, 5) is 0. The summed E-state index contributed by atoms with van der Waals surface area (Å²) in [6.45, 7) is 4.10. The van der Waals surface area contributed by atoms with Crippen LogP contribution in [0.5, 0.6) is 11.5 Å². The van der Waals surface area contributed by atoms with Crippen LogP contribution >= 0.6 is 11.8 Å². The van der Waals surface area contributed by atoms with E-state index in [9.17, 15) is 0 Å². The second kappa shape index (κ2) is 10.7. The van der Waals surface area contributed by atoms with Crippen LogP contribution in [0.2, 0.25) is 0 Å². The highest BCUT2D eigenvalue weighted by Gasteiger charge is 2.20. The number of ether oxygens (including phenoxy) is 2. The minimum absolute atomic E-state index is 0.237. The lowest BCUT2D eigenvalue weighted by molar-refractivity contribution is 0.293. The topological polar surface area (TPSA) is 75.2 Å². The molecule has 0 spiro atoms. The zero-order chi connectivity index (χ0) is 24.9. The molecule has 0 radical (unpaired) electrons. The molecule has 0 unspecified atom stereocenters. The maximum absolute atomic E-state index is 6.32. The second-order valence-electron chi connectivity index (χ2n) is 8.15. The molecule has 8 heteroatoms. The van der Waals surface area contributed by atoms with Gasteiger partial charge in [0, 0.05) is 16.9 Å². The summed E-state index contributed by atoms with van der Waals surface area (Å²) in [5, 5.41) is 13.8. The Balaban J connectivity index is 1.47. The third-order valence-electron chi connectivity index (χ3n) is 5.88. The van der Waals surface area contributed by atoms with Crippen molar-refractivity contribution in [3.63, 3.8) is 0 Å². The average molecular weight is 499 g/mol. The van der Waals surface area contributed by atoms with Gasteiger partial charge in [-0.05, 0) is 37.6 Å². The van der Waals surface area contributed by atoms with Gasteiger partial charge in [-0.2, -0.15) is 0 Å². The Hall–Kier alpha value is -4.04. The number of methoxy groups -OCH3 is 1. The predicted octanol–water partition coefficient (Wildman–Crippen LogP) is 6.42. The highest BCUT2D eigenvalue weighted by atomic mass is 32.2. The van der Waals surface area contributed by atoms with Crippen LogP contribution in [0.3, 0.4) is 0 Å². The van der Waals surface area contributed by atoms with Crippen molar-refractivity contribution in [2.24, 2.45) is 0 Å². The zero-order valence-electron chi connectivity index (χ0n) is 20.3. The summed E-state index contributed by atoms with van der Waals surface area (Å²) in [7, 11) is 1.66. The molecule has 2 heterocycles. The van der Waals surface area contributed by atoms with E-state index in [4.69, 9.17) is 14.0 Å². The molecule has 0 aliphatic heterocycles. The van der Waals surface area contributed by atoms with Crippen molar-refractivity contribution in [2.45, 2.75) is 31.4 Å². The summed E-state index contributed by atoms with van der Waals surface area (Å²) >= 11 is 1.57. The van der Waals surface area contributed by atoms with Gasteiger partial charge in [-0.1, -0.05) is 77.6 Å². The number of thioether (sulfide) groups is 1. The lowest BCUT2D eigenvalue weighted by atomic mass is 10.1. The summed E-state index contributed by atoms with van der Waals surface area (Å²) in [6, 6.07) is 26.0. The molecule has 5 rings (SSSR count). The molecule has 36 heavy (non-hydrogen) atoms. The van der Waals surface area contributed by atoms with E-state index in [0.29, 0.717) is 11.6 Å². The van der Waals surface area contributed by atoms with E-state index in [1.807, 2.05) is 79.1 Å². The standard InChI is InChI=1S/C28H26N4O3S/c1-19-23(20(2)35-31-19)18-36-28-30-29-27(32(28)24-14-8-10-16-26(24)33-3)17-34-25-15-9-7-13-22(25)21-11-5-4-6-12-21/h4-16H,17-18H2,1-3H3. The van der Waals surface area contributed by atoms with Gasteiger partial charge in [0.15, 0.2) is 11.0 Å². The normalized spacial score (nSPS) is 11.0. The van der Waals surface area contributed by atoms with E-state index in [-0.39, 0.29) is 6.61 Å². The number of rotatable bonds is 9. The molecule has 0 aliphatic carbocycles. The SMILES string of the molecule is COc1ccccc1-n1c(COc2ccccc2-c2ccccc2)nnc1SCc1c(C)noc1C. The molecule has 7 nitrogen and oxygen atoms in total. The highest BCUT2D eigenvalue weighted by Crippen LogP contribution is 2.33. The van der Waals surface area contributed by atoms with Crippen LogP contribution in [0.1, 0.15) is 22.8 Å². The van der Waals surface area contributed by atoms with Gasteiger partial charge in [0.25, 0.3) is 0 Å². The lowest BCUT2D eigenvalue weighted by Crippen LogP contribution is -2.08. The summed E-state index contributed by atoms with van der Waals surface area (Å²) in [5.74, 6) is 3.64. The van der Waals surface area contributed by atoms with Crippen molar-refractivity contribution in [3.8, 4) is 28.3 Å². The highest BCUT2D eigenvalue weighted by molar-refractivity contribution is 7.98. The van der Waals surface area contributed by atoms with Crippen LogP contribution in [-0.2, 0) is 12.4 Å². The maximum Gasteiger partial charge on any atom is 0.196 e. The fraction of sp³-hybridized carbons (Fsp3) is 0.179. The van der Waals surface area contributed by atoms with Crippen LogP contribution in [-0.4, -0.2) is 27.0 Å². The molecular formula is C28H26N4O3S. The third kappa shape index (κ3) is 4.85. The Morgan fingerprint density at radius 1 is 0.861 bits per heavy atom. The van der Waals surface area contributed by atoms with Crippen LogP contribution in [0.25, 0.3) is 16.8 Å². The van der Waals surface area contributed by atoms with Crippen LogP contribution in [0, 0.1) is 13.8 Å². The van der Waals surface area contributed by atoms with Crippen LogP contribution in [0.15, 0.2) is 88.5 Å². The van der Waals surface area contributed by atoms with E-state index < -0.39 is 0 Å². The molecule has 0 saturated heterocycles. The number of nitrogens with zero attached hydrogens (tertiary/aromatic N) is 4. The number of hydrogen-bond donors (Lipinski definition) is 0. The smallest absolute Gasteiger partial charge is 0.196 e. The van der Waals surface area contributed by atoms with Gasteiger partial charge in [0.2, 0.25) is 0 Å². The summed E-state index contributed by atoms with van der Waals surface area (Å²) in [5.41, 5.74) is 4.90. The first-order chi connectivity index (χ1) is 17.7. The molecule has 3 aromatic carbocycles. The third-order valence-corrected chi connectivity index (χ3v) is 6.84. The van der Waals surface area contributed by atoms with Crippen molar-refractivity contribution in [3.05, 3.63) is 102 Å². The van der Waals surface area contributed by atoms with Crippen molar-refractivity contribution in [1.29, 1.82) is 0 Å². The Morgan fingerprint density at radius 2 is 1.58 bits per heavy atom. The summed E-state index contributed by atoms with van der Waals surface area (Å²) in [6.07, 6.45) is 0. The molecule has 0 saturated carbocycles. The molecule has 0 bridgehead atoms. The van der Waals surface area contributed by atoms with Crippen molar-refractivity contribution in [2.75, 3.05) is 7.11 Å². The van der Waals surface area contributed by atoms with Gasteiger partial charge < -0.3 is 14.0 Å². The average Bonchev–Trinajstić information content (AvgIpc) is 3.48. The van der Waals surface area contributed by atoms with E-state index >= 15 is 0 Å². The van der Waals surface area contributed by atoms with Crippen molar-refractivity contribution < 1.29 is 14.0 Å². The van der Waals surface area contributed by atoms with Gasteiger partial charge in [-0.3, -0.25) is 4.57 Å². The molecule has 5 aromatic rings. The van der Waals surface area contributed by atoms with E-state index in [1.54, 1.807) is 18.9 Å². The van der Waals surface area contributed by atoms with Gasteiger partial charge in [-0.15, -0.1) is 10.2 Å². The van der Waals surface area contributed by atoms with Crippen LogP contribution < -0.4 is 9.47 Å². The molecule has 0 aliphatic rings. The van der Waals surface area contributed by atoms with Gasteiger partial charge in [0.1, 0.15) is 23.9 Å². The Bertz CT molecular complexity index is 1440. The first kappa shape index (κ1) is 23.7. The number of para-hydroxylation sites is 3. The first-order valence-corrected chi connectivity index (χ1v) is 12.5. The van der Waals surface area contributed by atoms with E-state index in [1.165, 1.54) is 0 Å². The number of benzene rings is 3. The van der Waals surface area contributed by atoms with Gasteiger partial charge in [-0.25, -0.2) is 0 Å². The number of hydrogen-bond acceptors (Lipinski definition) is 7. The lowest BCUT2D eigenvalue weighted by Gasteiger charge is -2.15. The van der Waals surface area contributed by atoms with E-state index in [0.717, 1.165) is 50.5 Å². The second-order valence-corrected chi connectivity index (χ2v) is 9.09. The Kier molecular flexibility index (Phi) is 7.04. The van der Waals surface area contributed by atoms with Crippen molar-refractivity contribution >= 4 is 11.8 Å². The molecule has 0 N–H and O–H groups in total. The number of aromatic nitrogens is 4. The Labute approximate surface area is 214 Å². The monoisotopic (exact) mass is 498 g/mol. The van der Waals surface area contributed by atoms with E-state index in [2.05, 4.69) is 33.6 Å². The molecular weight excluding hydrogens is 472 g/mol. The Morgan fingerprint density at radius 3 is 2.33 bits per heavy atom. The van der Waals surface area contributed by atoms with Gasteiger partial charge in [0.05, 0.1) is 18.5 Å². The molecule has 182 valence electrons. The molecule has 2 aromatic heterocycles. The molecule has 0 fully saturated rings. The fourth-order valence-electron chi connectivity index (χ4n) is 3.98. The predicted molar refractivity (Wildman–Crippen MR) is 140 cm³/mol. The molecule has 0 atom stereocenters. The van der Waals surface area contributed by atoms with Crippen molar-refractivity contribution in [1.82, 2.24) is 19.9 Å². The van der Waals surface area contributed by atoms with Crippen LogP contribution in [0.4, 0.5) is 0 Å². The summed E-state index contributed by atoms with van der Waals surface area (Å²) < 4.78 is 19.3. The fourth-order valence-corrected chi connectivity index (χ4v) is 5.10. The first-order valence-electron chi connectivity index (χ1n) is 11.5. The maximum atomic E-state index is 6.32. The largest absolute Gasteiger partial charge is 0.495 e. The minimum atomic E-state index is 0.237. The quantitative estimate of drug-likeness (QED) is 0.217. The van der Waals surface area contributed by atoms with Gasteiger partial charge >= 0.3 is 0 Å². The number of aryl methyl sites for hydroxylation is 2. The zero-order valence-corrected chi connectivity index (χ0v) is 21.2.